The van der Waals surface area contributed by atoms with Gasteiger partial charge in [-0.05, 0) is 50.9 Å². The first-order valence-electron chi connectivity index (χ1n) is 10.9. The lowest BCUT2D eigenvalue weighted by Gasteiger charge is -2.20. The lowest BCUT2D eigenvalue weighted by molar-refractivity contribution is -0.115. The van der Waals surface area contributed by atoms with Crippen molar-refractivity contribution in [2.75, 3.05) is 25.0 Å². The summed E-state index contributed by atoms with van der Waals surface area (Å²) in [6.07, 6.45) is 13.3. The number of dihydropyridines is 1. The Bertz CT molecular complexity index is 935. The molecule has 3 aliphatic rings. The highest BCUT2D eigenvalue weighted by atomic mass is 16.1. The van der Waals surface area contributed by atoms with E-state index in [9.17, 15) is 4.79 Å². The Balaban J connectivity index is 1.47. The molecule has 4 heterocycles. The van der Waals surface area contributed by atoms with Crippen molar-refractivity contribution in [1.29, 1.82) is 0 Å². The number of rotatable bonds is 5. The number of hydrogen-bond donors (Lipinski definition) is 2. The molecule has 0 spiro atoms. The van der Waals surface area contributed by atoms with E-state index in [0.29, 0.717) is 17.7 Å². The third-order valence-electron chi connectivity index (χ3n) is 5.59. The summed E-state index contributed by atoms with van der Waals surface area (Å²) in [7, 11) is 0. The molecule has 2 unspecified atom stereocenters. The Morgan fingerprint density at radius 2 is 2.19 bits per heavy atom. The summed E-state index contributed by atoms with van der Waals surface area (Å²) in [6.45, 7) is 6.77. The number of hydrogen-bond acceptors (Lipinski definition) is 7. The van der Waals surface area contributed by atoms with Crippen LogP contribution in [0.2, 0.25) is 0 Å². The minimum Gasteiger partial charge on any atom is -0.317 e. The van der Waals surface area contributed by atoms with Gasteiger partial charge >= 0.3 is 0 Å². The van der Waals surface area contributed by atoms with Gasteiger partial charge in [0.05, 0.1) is 12.1 Å². The van der Waals surface area contributed by atoms with Gasteiger partial charge < -0.3 is 10.6 Å². The molecule has 0 aromatic carbocycles. The number of carbonyl (C=O) groups excluding carboxylic acids is 1. The number of nitrogens with one attached hydrogen (secondary N) is 2. The fourth-order valence-corrected chi connectivity index (χ4v) is 3.76. The lowest BCUT2D eigenvalue weighted by atomic mass is 9.95. The van der Waals surface area contributed by atoms with Crippen molar-refractivity contribution in [2.45, 2.75) is 45.2 Å². The highest BCUT2D eigenvalue weighted by Gasteiger charge is 2.22. The van der Waals surface area contributed by atoms with E-state index in [4.69, 9.17) is 5.10 Å². The average Bonchev–Trinajstić information content (AvgIpc) is 3.20. The van der Waals surface area contributed by atoms with E-state index in [1.54, 1.807) is 22.1 Å². The molecule has 4 rings (SSSR count). The van der Waals surface area contributed by atoms with Gasteiger partial charge in [-0.2, -0.15) is 14.9 Å². The molecule has 1 fully saturated rings. The third-order valence-corrected chi connectivity index (χ3v) is 5.59. The maximum atomic E-state index is 12.6. The molecule has 0 aliphatic carbocycles. The van der Waals surface area contributed by atoms with Gasteiger partial charge in [-0.15, -0.1) is 0 Å². The van der Waals surface area contributed by atoms with E-state index >= 15 is 0 Å². The topological polar surface area (TPSA) is 99.3 Å². The molecule has 1 aromatic rings. The Morgan fingerprint density at radius 1 is 1.35 bits per heavy atom. The maximum Gasteiger partial charge on any atom is 0.230 e. The van der Waals surface area contributed by atoms with Crippen LogP contribution in [-0.2, 0) is 4.79 Å². The maximum absolute atomic E-state index is 12.6. The first-order valence-corrected chi connectivity index (χ1v) is 10.9. The molecule has 9 nitrogen and oxygen atoms in total. The second-order valence-corrected chi connectivity index (χ2v) is 8.13. The lowest BCUT2D eigenvalue weighted by Crippen LogP contribution is -2.27. The molecule has 1 aromatic heterocycles. The number of allylic oxidation sites excluding steroid dienone is 2. The van der Waals surface area contributed by atoms with Gasteiger partial charge in [-0.1, -0.05) is 13.0 Å². The fraction of sp³-hybridized carbons (Fsp3) is 0.500. The van der Waals surface area contributed by atoms with Gasteiger partial charge in [0, 0.05) is 37.2 Å². The predicted octanol–water partition coefficient (Wildman–Crippen LogP) is 2.36. The van der Waals surface area contributed by atoms with Crippen LogP contribution in [0.3, 0.4) is 0 Å². The fourth-order valence-electron chi connectivity index (χ4n) is 3.76. The zero-order chi connectivity index (χ0) is 21.6. The van der Waals surface area contributed by atoms with Gasteiger partial charge in [-0.25, -0.2) is 5.01 Å². The first-order chi connectivity index (χ1) is 15.1. The number of hydrazone groups is 1. The molecule has 31 heavy (non-hydrogen) atoms. The number of aromatic nitrogens is 2. The zero-order valence-electron chi connectivity index (χ0n) is 18.1. The first kappa shape index (κ1) is 21.2. The Kier molecular flexibility index (Phi) is 6.71. The number of piperidine rings is 1. The van der Waals surface area contributed by atoms with Crippen LogP contribution in [0.1, 0.15) is 44.7 Å². The quantitative estimate of drug-likeness (QED) is 0.712. The molecule has 3 aliphatic heterocycles. The van der Waals surface area contributed by atoms with E-state index in [1.807, 2.05) is 31.3 Å². The predicted molar refractivity (Wildman–Crippen MR) is 124 cm³/mol. The van der Waals surface area contributed by atoms with Crippen molar-refractivity contribution in [3.05, 3.63) is 36.2 Å². The van der Waals surface area contributed by atoms with E-state index in [0.717, 1.165) is 44.0 Å². The summed E-state index contributed by atoms with van der Waals surface area (Å²) >= 11 is 0. The Morgan fingerprint density at radius 3 is 2.94 bits per heavy atom. The van der Waals surface area contributed by atoms with Gasteiger partial charge in [-0.3, -0.25) is 14.8 Å². The highest BCUT2D eigenvalue weighted by Crippen LogP contribution is 2.27. The van der Waals surface area contributed by atoms with Gasteiger partial charge in [0.2, 0.25) is 5.91 Å². The van der Waals surface area contributed by atoms with Crippen LogP contribution >= 0.6 is 0 Å². The molecular weight excluding hydrogens is 392 g/mol. The van der Waals surface area contributed by atoms with Crippen LogP contribution < -0.4 is 10.6 Å². The van der Waals surface area contributed by atoms with Crippen molar-refractivity contribution >= 4 is 30.0 Å². The molecule has 0 radical (unpaired) electrons. The second kappa shape index (κ2) is 9.82. The van der Waals surface area contributed by atoms with E-state index in [2.05, 4.69) is 38.7 Å². The Labute approximate surface area is 182 Å². The van der Waals surface area contributed by atoms with Gasteiger partial charge in [0.1, 0.15) is 12.0 Å². The van der Waals surface area contributed by atoms with Crippen molar-refractivity contribution < 1.29 is 4.79 Å². The molecular formula is C22H30N8O. The van der Waals surface area contributed by atoms with E-state index < -0.39 is 0 Å². The van der Waals surface area contributed by atoms with Crippen LogP contribution in [0, 0.1) is 5.92 Å². The van der Waals surface area contributed by atoms with Crippen molar-refractivity contribution in [2.24, 2.45) is 21.0 Å². The van der Waals surface area contributed by atoms with Crippen LogP contribution in [-0.4, -0.2) is 64.8 Å². The molecule has 0 bridgehead atoms. The second-order valence-electron chi connectivity index (χ2n) is 8.13. The third kappa shape index (κ3) is 5.35. The molecule has 2 N–H and O–H groups in total. The summed E-state index contributed by atoms with van der Waals surface area (Å²) in [5, 5.41) is 17.3. The van der Waals surface area contributed by atoms with Crippen LogP contribution in [0.4, 0.5) is 5.82 Å². The van der Waals surface area contributed by atoms with Crippen molar-refractivity contribution in [1.82, 2.24) is 20.1 Å². The SMILES string of the molecule is CC1C=CC(n2nc(C3CCNCC3)cc2NC(=O)CC=NN2C=CC=NC2C)=NC1. The van der Waals surface area contributed by atoms with Gasteiger partial charge in [0.25, 0.3) is 0 Å². The monoisotopic (exact) mass is 422 g/mol. The average molecular weight is 423 g/mol. The minimum atomic E-state index is -0.146. The van der Waals surface area contributed by atoms with E-state index in [-0.39, 0.29) is 18.5 Å². The van der Waals surface area contributed by atoms with Gasteiger partial charge in [0.15, 0.2) is 5.84 Å². The highest BCUT2D eigenvalue weighted by molar-refractivity contribution is 6.02. The molecule has 0 saturated carbocycles. The summed E-state index contributed by atoms with van der Waals surface area (Å²) in [5.74, 6) is 2.06. The molecule has 9 heteroatoms. The standard InChI is InChI=1S/C22H30N8O/c1-16-4-5-20(25-15-16)30-21(14-19(28-30)18-6-10-23-11-7-18)27-22(31)8-12-26-29-13-3-9-24-17(29)2/h3-5,9,12-14,16-18,23H,6-8,10-11,15H2,1-2H3,(H,27,31). The minimum absolute atomic E-state index is 0.0724. The molecule has 2 atom stereocenters. The normalized spacial score (nSPS) is 24.1. The summed E-state index contributed by atoms with van der Waals surface area (Å²) < 4.78 is 1.76. The summed E-state index contributed by atoms with van der Waals surface area (Å²) in [6, 6.07) is 1.99. The largest absolute Gasteiger partial charge is 0.317 e. The number of nitrogens with zero attached hydrogens (tertiary/aromatic N) is 6. The zero-order valence-corrected chi connectivity index (χ0v) is 18.1. The smallest absolute Gasteiger partial charge is 0.230 e. The van der Waals surface area contributed by atoms with Crippen molar-refractivity contribution in [3.8, 4) is 0 Å². The molecule has 164 valence electrons. The molecule has 1 saturated heterocycles. The Hall–Kier alpha value is -3.07. The summed E-state index contributed by atoms with van der Waals surface area (Å²) in [4.78, 5) is 21.5. The number of aliphatic imine (C=N–C) groups is 2. The van der Waals surface area contributed by atoms with Crippen LogP contribution in [0.5, 0.6) is 0 Å². The molecule has 1 amide bonds. The number of carbonyl (C=O) groups is 1. The van der Waals surface area contributed by atoms with E-state index in [1.165, 1.54) is 0 Å². The van der Waals surface area contributed by atoms with Crippen molar-refractivity contribution in [3.63, 3.8) is 0 Å². The van der Waals surface area contributed by atoms with Crippen LogP contribution in [0.25, 0.3) is 0 Å². The number of anilines is 1. The summed E-state index contributed by atoms with van der Waals surface area (Å²) in [5.41, 5.74) is 1.00. The van der Waals surface area contributed by atoms with Crippen LogP contribution in [0.15, 0.2) is 45.6 Å². The number of amides is 1.